The van der Waals surface area contributed by atoms with Crippen LogP contribution in [-0.4, -0.2) is 52.3 Å². The van der Waals surface area contributed by atoms with Gasteiger partial charge in [-0.2, -0.15) is 0 Å². The van der Waals surface area contributed by atoms with Crippen LogP contribution in [0, 0.1) is 5.82 Å². The van der Waals surface area contributed by atoms with Gasteiger partial charge in [0.15, 0.2) is 21.9 Å². The lowest BCUT2D eigenvalue weighted by molar-refractivity contribution is 0.0928. The number of anilines is 1. The van der Waals surface area contributed by atoms with Crippen LogP contribution in [0.3, 0.4) is 0 Å². The molecule has 1 fully saturated rings. The fourth-order valence-electron chi connectivity index (χ4n) is 3.30. The topological polar surface area (TPSA) is 68.2 Å². The lowest BCUT2D eigenvalue weighted by Gasteiger charge is -2.29. The Kier molecular flexibility index (Phi) is 7.97. The summed E-state index contributed by atoms with van der Waals surface area (Å²) >= 11 is 7.35. The number of pyridine rings is 1. The molecule has 0 amide bonds. The number of ether oxygens (including phenoxy) is 1. The second-order valence-electron chi connectivity index (χ2n) is 5.95. The second kappa shape index (κ2) is 9.80. The number of hydrogen-bond acceptors (Lipinski definition) is 7. The van der Waals surface area contributed by atoms with Gasteiger partial charge in [0.2, 0.25) is 0 Å². The van der Waals surface area contributed by atoms with Crippen molar-refractivity contribution in [1.29, 1.82) is 0 Å². The van der Waals surface area contributed by atoms with Gasteiger partial charge >= 0.3 is 0 Å². The number of carbonyl (C=O) groups excluding carboxylic acids is 1. The minimum absolute atomic E-state index is 0. The van der Waals surface area contributed by atoms with E-state index in [-0.39, 0.29) is 42.0 Å². The molecule has 0 aliphatic carbocycles. The molecule has 154 valence electrons. The highest BCUT2D eigenvalue weighted by atomic mass is 35.5. The van der Waals surface area contributed by atoms with E-state index in [0.29, 0.717) is 36.1 Å². The summed E-state index contributed by atoms with van der Waals surface area (Å²) in [5, 5.41) is 0.494. The van der Waals surface area contributed by atoms with Gasteiger partial charge in [-0.15, -0.1) is 0 Å². The van der Waals surface area contributed by atoms with Crippen molar-refractivity contribution in [3.8, 4) is 0 Å². The average molecular weight is 429 g/mol. The van der Waals surface area contributed by atoms with E-state index in [1.165, 1.54) is 11.8 Å². The van der Waals surface area contributed by atoms with E-state index < -0.39 is 5.82 Å². The van der Waals surface area contributed by atoms with Crippen LogP contribution in [0.4, 0.5) is 10.2 Å². The predicted octanol–water partition coefficient (Wildman–Crippen LogP) is 4.77. The molecular weight excluding hydrogens is 403 g/mol. The number of nitrogens with zero attached hydrogens (tertiary/aromatic N) is 4. The summed E-state index contributed by atoms with van der Waals surface area (Å²) in [6.07, 6.45) is 1.04. The maximum Gasteiger partial charge on any atom is 0.190 e. The summed E-state index contributed by atoms with van der Waals surface area (Å²) in [5.41, 5.74) is 0.215. The molecule has 4 heterocycles. The second-order valence-corrected chi connectivity index (χ2v) is 7.54. The van der Waals surface area contributed by atoms with E-state index in [4.69, 9.17) is 16.3 Å². The third-order valence-electron chi connectivity index (χ3n) is 4.37. The average Bonchev–Trinajstić information content (AvgIpc) is 2.96. The minimum atomic E-state index is -0.709. The Morgan fingerprint density at radius 3 is 2.79 bits per heavy atom. The van der Waals surface area contributed by atoms with Crippen molar-refractivity contribution in [3.63, 3.8) is 0 Å². The molecule has 0 spiro atoms. The maximum atomic E-state index is 14.7. The van der Waals surface area contributed by atoms with E-state index in [1.54, 1.807) is 0 Å². The molecule has 4 rings (SSSR count). The Labute approximate surface area is 174 Å². The number of fused-ring (bicyclic) bond motifs is 2. The lowest BCUT2D eigenvalue weighted by atomic mass is 10.1. The fourth-order valence-corrected chi connectivity index (χ4v) is 4.04. The van der Waals surface area contributed by atoms with Gasteiger partial charge in [-0.1, -0.05) is 51.6 Å². The number of carbonyl (C=O) groups is 1. The highest BCUT2D eigenvalue weighted by Crippen LogP contribution is 2.37. The van der Waals surface area contributed by atoms with Crippen molar-refractivity contribution in [2.45, 2.75) is 52.2 Å². The Bertz CT molecular complexity index is 868. The van der Waals surface area contributed by atoms with Gasteiger partial charge in [-0.05, 0) is 12.2 Å². The zero-order chi connectivity index (χ0) is 19.6. The normalized spacial score (nSPS) is 18.4. The molecule has 1 unspecified atom stereocenters. The first-order chi connectivity index (χ1) is 13.1. The molecule has 2 aliphatic heterocycles. The Morgan fingerprint density at radius 1 is 1.32 bits per heavy atom. The summed E-state index contributed by atoms with van der Waals surface area (Å²) in [7, 11) is 0. The minimum Gasteiger partial charge on any atom is -0.379 e. The molecule has 0 aromatic carbocycles. The van der Waals surface area contributed by atoms with Gasteiger partial charge in [-0.3, -0.25) is 4.79 Å². The van der Waals surface area contributed by atoms with E-state index in [1.807, 2.05) is 25.7 Å². The molecule has 6 nitrogen and oxygen atoms in total. The molecular formula is C19H26ClFN4O2S. The number of aromatic nitrogens is 3. The van der Waals surface area contributed by atoms with Crippen molar-refractivity contribution < 1.29 is 13.9 Å². The van der Waals surface area contributed by atoms with Crippen LogP contribution in [0.2, 0.25) is 5.15 Å². The zero-order valence-corrected chi connectivity index (χ0v) is 17.2. The third-order valence-corrected chi connectivity index (χ3v) is 5.35. The third kappa shape index (κ3) is 4.09. The van der Waals surface area contributed by atoms with Crippen molar-refractivity contribution in [2.24, 2.45) is 0 Å². The summed E-state index contributed by atoms with van der Waals surface area (Å²) < 4.78 is 20.3. The van der Waals surface area contributed by atoms with E-state index in [0.717, 1.165) is 12.2 Å². The maximum absolute atomic E-state index is 14.7. The molecule has 0 bridgehead atoms. The van der Waals surface area contributed by atoms with Gasteiger partial charge in [0, 0.05) is 19.6 Å². The van der Waals surface area contributed by atoms with Crippen molar-refractivity contribution in [2.75, 3.05) is 30.4 Å². The Balaban J connectivity index is 0.000000906. The van der Waals surface area contributed by atoms with Crippen molar-refractivity contribution >= 4 is 45.9 Å². The molecule has 9 heteroatoms. The SMILES string of the molecule is C.CC.CCSc1nc2c3c(nc(Cl)c(F)c3n1)C(=O)CC1COCCCN21. The predicted molar refractivity (Wildman–Crippen MR) is 112 cm³/mol. The summed E-state index contributed by atoms with van der Waals surface area (Å²) in [6, 6.07) is -0.149. The Morgan fingerprint density at radius 2 is 2.07 bits per heavy atom. The highest BCUT2D eigenvalue weighted by Gasteiger charge is 2.35. The van der Waals surface area contributed by atoms with Crippen LogP contribution >= 0.6 is 23.4 Å². The van der Waals surface area contributed by atoms with Crippen LogP contribution in [0.25, 0.3) is 10.9 Å². The number of halogens is 2. The quantitative estimate of drug-likeness (QED) is 0.387. The summed E-state index contributed by atoms with van der Waals surface area (Å²) in [5.74, 6) is 0.411. The smallest absolute Gasteiger partial charge is 0.190 e. The number of rotatable bonds is 2. The molecule has 0 radical (unpaired) electrons. The van der Waals surface area contributed by atoms with Crippen LogP contribution in [-0.2, 0) is 4.74 Å². The number of hydrogen-bond donors (Lipinski definition) is 0. The van der Waals surface area contributed by atoms with E-state index in [2.05, 4.69) is 15.0 Å². The van der Waals surface area contributed by atoms with E-state index >= 15 is 0 Å². The van der Waals surface area contributed by atoms with Crippen LogP contribution in [0.5, 0.6) is 0 Å². The number of ketones is 1. The van der Waals surface area contributed by atoms with Crippen LogP contribution in [0.15, 0.2) is 5.16 Å². The first-order valence-corrected chi connectivity index (χ1v) is 10.5. The van der Waals surface area contributed by atoms with Crippen molar-refractivity contribution in [3.05, 3.63) is 16.7 Å². The fraction of sp³-hybridized carbons (Fsp3) is 0.579. The monoisotopic (exact) mass is 428 g/mol. The molecule has 2 aromatic rings. The van der Waals surface area contributed by atoms with Crippen LogP contribution < -0.4 is 4.90 Å². The largest absolute Gasteiger partial charge is 0.379 e. The number of thioether (sulfide) groups is 1. The molecule has 2 aliphatic rings. The van der Waals surface area contributed by atoms with Gasteiger partial charge in [0.25, 0.3) is 0 Å². The van der Waals surface area contributed by atoms with Crippen LogP contribution in [0.1, 0.15) is 51.5 Å². The van der Waals surface area contributed by atoms with Gasteiger partial charge < -0.3 is 9.64 Å². The molecule has 1 atom stereocenters. The molecule has 28 heavy (non-hydrogen) atoms. The molecule has 2 aromatic heterocycles. The zero-order valence-electron chi connectivity index (χ0n) is 15.6. The molecule has 1 saturated heterocycles. The highest BCUT2D eigenvalue weighted by molar-refractivity contribution is 7.99. The summed E-state index contributed by atoms with van der Waals surface area (Å²) in [4.78, 5) is 27.7. The number of Topliss-reactive ketones (excluding diaryl/α,β-unsaturated/α-hetero) is 1. The lowest BCUT2D eigenvalue weighted by Crippen LogP contribution is -2.38. The summed E-state index contributed by atoms with van der Waals surface area (Å²) in [6.45, 7) is 7.72. The van der Waals surface area contributed by atoms with Gasteiger partial charge in [-0.25, -0.2) is 19.3 Å². The first-order valence-electron chi connectivity index (χ1n) is 9.17. The van der Waals surface area contributed by atoms with Gasteiger partial charge in [0.05, 0.1) is 18.0 Å². The van der Waals surface area contributed by atoms with Crippen molar-refractivity contribution in [1.82, 2.24) is 15.0 Å². The Hall–Kier alpha value is -1.51. The first kappa shape index (κ1) is 22.8. The van der Waals surface area contributed by atoms with E-state index in [9.17, 15) is 9.18 Å². The molecule has 0 N–H and O–H groups in total. The standard InChI is InChI=1S/C16H16ClFN4O2S.C2H6.CH4/c1-2-25-16-20-13-10-12(19-14(17)11(13)18)9(23)6-8-7-24-5-3-4-22(8)15(10)21-16;1-2;/h8H,2-7H2,1H3;1-2H3;1H4. The molecule has 0 saturated carbocycles. The van der Waals surface area contributed by atoms with Gasteiger partial charge in [0.1, 0.15) is 17.0 Å².